The van der Waals surface area contributed by atoms with Gasteiger partial charge in [0.2, 0.25) is 0 Å². The smallest absolute Gasteiger partial charge is 0.266 e. The van der Waals surface area contributed by atoms with Crippen LogP contribution in [0.25, 0.3) is 11.3 Å². The highest BCUT2D eigenvalue weighted by atomic mass is 35.5. The van der Waals surface area contributed by atoms with Crippen molar-refractivity contribution in [3.63, 3.8) is 0 Å². The lowest BCUT2D eigenvalue weighted by Gasteiger charge is -2.37. The molecule has 1 N–H and O–H groups in total. The SMILES string of the molecule is Cc1ccc(C)c(N2C(S)=C(C#N)C(=O)NC2c2ccc(-c3ccc(Cl)cc3)o2)c1. The molecule has 1 aliphatic rings. The Morgan fingerprint density at radius 2 is 1.87 bits per heavy atom. The van der Waals surface area contributed by atoms with E-state index in [1.54, 1.807) is 12.1 Å². The van der Waals surface area contributed by atoms with Crippen molar-refractivity contribution < 1.29 is 9.21 Å². The lowest BCUT2D eigenvalue weighted by atomic mass is 10.1. The van der Waals surface area contributed by atoms with E-state index in [1.807, 2.05) is 67.3 Å². The molecular formula is C23H18ClN3O2S. The van der Waals surface area contributed by atoms with E-state index in [0.717, 1.165) is 22.4 Å². The molecule has 1 unspecified atom stereocenters. The van der Waals surface area contributed by atoms with Gasteiger partial charge in [0.25, 0.3) is 5.91 Å². The van der Waals surface area contributed by atoms with Gasteiger partial charge >= 0.3 is 0 Å². The summed E-state index contributed by atoms with van der Waals surface area (Å²) in [5.41, 5.74) is 3.69. The third kappa shape index (κ3) is 3.58. The first-order chi connectivity index (χ1) is 14.4. The molecule has 3 aromatic rings. The molecule has 30 heavy (non-hydrogen) atoms. The maximum absolute atomic E-state index is 12.5. The summed E-state index contributed by atoms with van der Waals surface area (Å²) in [6.45, 7) is 3.95. The van der Waals surface area contributed by atoms with Crippen LogP contribution in [-0.2, 0) is 4.79 Å². The first-order valence-corrected chi connectivity index (χ1v) is 10.1. The molecule has 1 aliphatic heterocycles. The van der Waals surface area contributed by atoms with Crippen LogP contribution in [0.5, 0.6) is 0 Å². The van der Waals surface area contributed by atoms with Gasteiger partial charge in [0.15, 0.2) is 6.17 Å². The van der Waals surface area contributed by atoms with Crippen LogP contribution in [-0.4, -0.2) is 5.91 Å². The molecule has 0 spiro atoms. The zero-order valence-corrected chi connectivity index (χ0v) is 18.0. The van der Waals surface area contributed by atoms with E-state index < -0.39 is 12.1 Å². The molecule has 0 aliphatic carbocycles. The van der Waals surface area contributed by atoms with Crippen molar-refractivity contribution in [2.75, 3.05) is 4.90 Å². The summed E-state index contributed by atoms with van der Waals surface area (Å²) < 4.78 is 6.10. The van der Waals surface area contributed by atoms with Crippen molar-refractivity contribution in [3.05, 3.63) is 87.1 Å². The van der Waals surface area contributed by atoms with Crippen molar-refractivity contribution in [2.24, 2.45) is 0 Å². The number of carbonyl (C=O) groups is 1. The number of rotatable bonds is 3. The number of hydrogen-bond acceptors (Lipinski definition) is 5. The largest absolute Gasteiger partial charge is 0.457 e. The molecule has 0 saturated heterocycles. The third-order valence-electron chi connectivity index (χ3n) is 4.97. The Bertz CT molecular complexity index is 1210. The van der Waals surface area contributed by atoms with E-state index in [0.29, 0.717) is 16.5 Å². The monoisotopic (exact) mass is 435 g/mol. The number of amides is 1. The molecule has 5 nitrogen and oxygen atoms in total. The van der Waals surface area contributed by atoms with E-state index in [4.69, 9.17) is 16.0 Å². The average molecular weight is 436 g/mol. The van der Waals surface area contributed by atoms with Crippen molar-refractivity contribution in [1.82, 2.24) is 5.32 Å². The van der Waals surface area contributed by atoms with Crippen LogP contribution in [0.4, 0.5) is 5.69 Å². The van der Waals surface area contributed by atoms with Gasteiger partial charge in [-0.1, -0.05) is 23.7 Å². The molecule has 1 atom stereocenters. The van der Waals surface area contributed by atoms with E-state index in [2.05, 4.69) is 17.9 Å². The Morgan fingerprint density at radius 3 is 2.57 bits per heavy atom. The zero-order valence-electron chi connectivity index (χ0n) is 16.3. The Labute approximate surface area is 185 Å². The Kier molecular flexibility index (Phi) is 5.33. The molecule has 0 saturated carbocycles. The van der Waals surface area contributed by atoms with E-state index >= 15 is 0 Å². The summed E-state index contributed by atoms with van der Waals surface area (Å²) in [7, 11) is 0. The number of nitrogens with zero attached hydrogens (tertiary/aromatic N) is 2. The minimum atomic E-state index is -0.649. The number of aryl methyl sites for hydroxylation is 2. The number of hydrogen-bond donors (Lipinski definition) is 2. The van der Waals surface area contributed by atoms with Gasteiger partial charge in [0.1, 0.15) is 23.2 Å². The van der Waals surface area contributed by atoms with Crippen LogP contribution < -0.4 is 10.2 Å². The van der Waals surface area contributed by atoms with Gasteiger partial charge in [0, 0.05) is 16.3 Å². The molecule has 1 amide bonds. The summed E-state index contributed by atoms with van der Waals surface area (Å²) in [5, 5.41) is 13.3. The minimum Gasteiger partial charge on any atom is -0.457 e. The maximum atomic E-state index is 12.5. The number of benzene rings is 2. The normalized spacial score (nSPS) is 16.4. The Balaban J connectivity index is 1.82. The highest BCUT2D eigenvalue weighted by molar-refractivity contribution is 7.84. The van der Waals surface area contributed by atoms with Gasteiger partial charge in [-0.05, 0) is 67.4 Å². The first-order valence-electron chi connectivity index (χ1n) is 9.25. The summed E-state index contributed by atoms with van der Waals surface area (Å²) in [6.07, 6.45) is -0.649. The number of thiol groups is 1. The number of furan rings is 1. The molecular weight excluding hydrogens is 418 g/mol. The van der Waals surface area contributed by atoms with E-state index in [-0.39, 0.29) is 10.6 Å². The second-order valence-electron chi connectivity index (χ2n) is 7.06. The lowest BCUT2D eigenvalue weighted by Crippen LogP contribution is -2.46. The van der Waals surface area contributed by atoms with Crippen LogP contribution in [0.1, 0.15) is 23.1 Å². The molecule has 1 aromatic heterocycles. The fourth-order valence-electron chi connectivity index (χ4n) is 3.41. The van der Waals surface area contributed by atoms with Crippen LogP contribution in [0, 0.1) is 25.2 Å². The zero-order chi connectivity index (χ0) is 21.4. The summed E-state index contributed by atoms with van der Waals surface area (Å²) in [6, 6.07) is 18.9. The van der Waals surface area contributed by atoms with E-state index in [9.17, 15) is 10.1 Å². The fourth-order valence-corrected chi connectivity index (χ4v) is 3.91. The molecule has 2 aromatic carbocycles. The number of nitrogens with one attached hydrogen (secondary N) is 1. The van der Waals surface area contributed by atoms with Gasteiger partial charge in [-0.2, -0.15) is 5.26 Å². The Hall–Kier alpha value is -3.14. The lowest BCUT2D eigenvalue weighted by molar-refractivity contribution is -0.118. The van der Waals surface area contributed by atoms with E-state index in [1.165, 1.54) is 0 Å². The van der Waals surface area contributed by atoms with Crippen molar-refractivity contribution >= 4 is 35.8 Å². The molecule has 4 rings (SSSR count). The van der Waals surface area contributed by atoms with Crippen molar-refractivity contribution in [2.45, 2.75) is 20.0 Å². The molecule has 0 radical (unpaired) electrons. The van der Waals surface area contributed by atoms with Gasteiger partial charge in [0.05, 0.1) is 5.03 Å². The number of carbonyl (C=O) groups excluding carboxylic acids is 1. The Morgan fingerprint density at radius 1 is 1.13 bits per heavy atom. The van der Waals surface area contributed by atoms with Gasteiger partial charge in [-0.3, -0.25) is 4.79 Å². The van der Waals surface area contributed by atoms with Crippen LogP contribution in [0.2, 0.25) is 5.02 Å². The quantitative estimate of drug-likeness (QED) is 0.531. The summed E-state index contributed by atoms with van der Waals surface area (Å²) in [4.78, 5) is 14.4. The van der Waals surface area contributed by atoms with Gasteiger partial charge in [-0.25, -0.2) is 0 Å². The summed E-state index contributed by atoms with van der Waals surface area (Å²) in [5.74, 6) is 0.684. The van der Waals surface area contributed by atoms with Gasteiger partial charge in [-0.15, -0.1) is 12.6 Å². The molecule has 0 bridgehead atoms. The van der Waals surface area contributed by atoms with Crippen LogP contribution in [0.3, 0.4) is 0 Å². The van der Waals surface area contributed by atoms with Crippen LogP contribution >= 0.6 is 24.2 Å². The molecule has 150 valence electrons. The molecule has 7 heteroatoms. The minimum absolute atomic E-state index is 0.0417. The summed E-state index contributed by atoms with van der Waals surface area (Å²) >= 11 is 10.5. The van der Waals surface area contributed by atoms with Crippen LogP contribution in [0.15, 0.2) is 69.6 Å². The second-order valence-corrected chi connectivity index (χ2v) is 7.92. The first kappa shape index (κ1) is 20.1. The standard InChI is InChI=1S/C23H18ClN3O2S/c1-13-3-4-14(2)18(11-13)27-21(26-22(28)17(12-25)23(27)30)20-10-9-19(29-20)15-5-7-16(24)8-6-15/h3-11,21,30H,1-2H3,(H,26,28). The van der Waals surface area contributed by atoms with Crippen molar-refractivity contribution in [3.8, 4) is 17.4 Å². The molecule has 0 fully saturated rings. The number of nitriles is 1. The maximum Gasteiger partial charge on any atom is 0.266 e. The third-order valence-corrected chi connectivity index (χ3v) is 5.66. The molecule has 2 heterocycles. The number of halogens is 1. The predicted molar refractivity (Wildman–Crippen MR) is 120 cm³/mol. The van der Waals surface area contributed by atoms with Crippen molar-refractivity contribution in [1.29, 1.82) is 5.26 Å². The topological polar surface area (TPSA) is 69.3 Å². The van der Waals surface area contributed by atoms with Gasteiger partial charge < -0.3 is 14.6 Å². The highest BCUT2D eigenvalue weighted by Gasteiger charge is 2.36. The highest BCUT2D eigenvalue weighted by Crippen LogP contribution is 2.39. The average Bonchev–Trinajstić information content (AvgIpc) is 3.21. The number of anilines is 1. The second kappa shape index (κ2) is 7.94. The fraction of sp³-hybridized carbons (Fsp3) is 0.130. The predicted octanol–water partition coefficient (Wildman–Crippen LogP) is 5.52.